The van der Waals surface area contributed by atoms with Crippen molar-refractivity contribution < 1.29 is 19.5 Å². The van der Waals surface area contributed by atoms with Gasteiger partial charge in [0.05, 0.1) is 29.2 Å². The van der Waals surface area contributed by atoms with E-state index in [-0.39, 0.29) is 34.4 Å². The molecule has 3 heterocycles. The third-order valence-electron chi connectivity index (χ3n) is 7.15. The number of alkyl halides is 1. The highest BCUT2D eigenvalue weighted by atomic mass is 79.9. The van der Waals surface area contributed by atoms with Gasteiger partial charge in [-0.1, -0.05) is 28.1 Å². The van der Waals surface area contributed by atoms with Crippen LogP contribution in [0.15, 0.2) is 25.3 Å². The minimum absolute atomic E-state index is 0.0137. The van der Waals surface area contributed by atoms with Crippen LogP contribution in [0.5, 0.6) is 0 Å². The largest absolute Gasteiger partial charge is 0.394 e. The second-order valence-electron chi connectivity index (χ2n) is 10.4. The summed E-state index contributed by atoms with van der Waals surface area (Å²) in [5.74, 6) is -1.59. The molecule has 3 aliphatic heterocycles. The van der Waals surface area contributed by atoms with E-state index in [9.17, 15) is 19.5 Å². The molecule has 9 heteroatoms. The van der Waals surface area contributed by atoms with Gasteiger partial charge in [-0.05, 0) is 34.1 Å². The van der Waals surface area contributed by atoms with E-state index in [0.29, 0.717) is 19.5 Å². The van der Waals surface area contributed by atoms with Gasteiger partial charge in [-0.15, -0.1) is 24.9 Å². The Hall–Kier alpha value is -1.32. The van der Waals surface area contributed by atoms with Crippen LogP contribution in [0.25, 0.3) is 0 Å². The lowest BCUT2D eigenvalue weighted by Crippen LogP contribution is -2.60. The van der Waals surface area contributed by atoms with E-state index >= 15 is 0 Å². The number of aliphatic hydroxyl groups is 1. The predicted molar refractivity (Wildman–Crippen MR) is 135 cm³/mol. The third kappa shape index (κ3) is 4.08. The highest BCUT2D eigenvalue weighted by Crippen LogP contribution is 2.68. The zero-order chi connectivity index (χ0) is 24.9. The molecule has 33 heavy (non-hydrogen) atoms. The van der Waals surface area contributed by atoms with Crippen molar-refractivity contribution in [3.05, 3.63) is 25.3 Å². The maximum atomic E-state index is 14.2. The van der Waals surface area contributed by atoms with E-state index < -0.39 is 34.2 Å². The Kier molecular flexibility index (Phi) is 7.47. The van der Waals surface area contributed by atoms with Crippen molar-refractivity contribution in [3.8, 4) is 0 Å². The Balaban J connectivity index is 2.13. The molecule has 3 unspecified atom stereocenters. The maximum absolute atomic E-state index is 14.2. The third-order valence-corrected chi connectivity index (χ3v) is 10.4. The summed E-state index contributed by atoms with van der Waals surface area (Å²) in [4.78, 5) is 46.5. The van der Waals surface area contributed by atoms with Crippen LogP contribution in [0, 0.1) is 11.8 Å². The van der Waals surface area contributed by atoms with E-state index in [2.05, 4.69) is 29.1 Å². The van der Waals surface area contributed by atoms with Crippen molar-refractivity contribution in [3.63, 3.8) is 0 Å². The molecule has 0 aromatic carbocycles. The van der Waals surface area contributed by atoms with Gasteiger partial charge in [0.2, 0.25) is 17.7 Å². The highest BCUT2D eigenvalue weighted by Gasteiger charge is 2.76. The summed E-state index contributed by atoms with van der Waals surface area (Å²) in [5, 5.41) is 9.90. The SMILES string of the molecule is C=CCN(C)C(=O)[C@H]1[C@@H]2SC3(CC2Br)C(C(=O)N(CC=C)C(C)(C)C)N([C@H](C)CO)C(=O)[C@H]13. The van der Waals surface area contributed by atoms with Crippen molar-refractivity contribution in [2.75, 3.05) is 26.7 Å². The molecule has 1 N–H and O–H groups in total. The smallest absolute Gasteiger partial charge is 0.247 e. The summed E-state index contributed by atoms with van der Waals surface area (Å²) >= 11 is 5.38. The van der Waals surface area contributed by atoms with Crippen LogP contribution < -0.4 is 0 Å². The first-order valence-corrected chi connectivity index (χ1v) is 13.2. The number of amides is 3. The highest BCUT2D eigenvalue weighted by molar-refractivity contribution is 9.09. The number of carbonyl (C=O) groups is 3. The molecule has 2 bridgehead atoms. The molecule has 3 fully saturated rings. The molecule has 0 aliphatic carbocycles. The van der Waals surface area contributed by atoms with E-state index in [1.165, 1.54) is 0 Å². The first-order chi connectivity index (χ1) is 15.4. The second kappa shape index (κ2) is 9.38. The fraction of sp³-hybridized carbons (Fsp3) is 0.708. The summed E-state index contributed by atoms with van der Waals surface area (Å²) < 4.78 is -0.726. The van der Waals surface area contributed by atoms with Crippen molar-refractivity contribution >= 4 is 45.4 Å². The number of aliphatic hydroxyl groups excluding tert-OH is 1. The minimum atomic E-state index is -0.756. The van der Waals surface area contributed by atoms with Crippen molar-refractivity contribution in [2.24, 2.45) is 11.8 Å². The normalized spacial score (nSPS) is 33.6. The van der Waals surface area contributed by atoms with Gasteiger partial charge in [0.15, 0.2) is 0 Å². The molecular formula is C24H36BrN3O4S. The van der Waals surface area contributed by atoms with Gasteiger partial charge in [-0.25, -0.2) is 0 Å². The van der Waals surface area contributed by atoms with E-state index in [0.717, 1.165) is 0 Å². The molecule has 3 amide bonds. The molecule has 3 aliphatic rings. The lowest BCUT2D eigenvalue weighted by molar-refractivity contribution is -0.148. The van der Waals surface area contributed by atoms with Crippen LogP contribution >= 0.6 is 27.7 Å². The number of thioether (sulfide) groups is 1. The average molecular weight is 543 g/mol. The van der Waals surface area contributed by atoms with Crippen molar-refractivity contribution in [1.82, 2.24) is 14.7 Å². The molecule has 0 aromatic heterocycles. The number of hydrogen-bond donors (Lipinski definition) is 1. The Morgan fingerprint density at radius 1 is 1.30 bits per heavy atom. The van der Waals surface area contributed by atoms with Crippen LogP contribution in [0.4, 0.5) is 0 Å². The first kappa shape index (κ1) is 26.3. The Labute approximate surface area is 209 Å². The topological polar surface area (TPSA) is 81.2 Å². The number of likely N-dealkylation sites (N-methyl/N-ethyl adjacent to an activating group) is 1. The Morgan fingerprint density at radius 2 is 1.91 bits per heavy atom. The molecule has 0 saturated carbocycles. The quantitative estimate of drug-likeness (QED) is 0.376. The lowest BCUT2D eigenvalue weighted by atomic mass is 9.70. The lowest BCUT2D eigenvalue weighted by Gasteiger charge is -2.43. The first-order valence-electron chi connectivity index (χ1n) is 11.4. The van der Waals surface area contributed by atoms with Crippen molar-refractivity contribution in [1.29, 1.82) is 0 Å². The summed E-state index contributed by atoms with van der Waals surface area (Å²) in [6, 6.07) is -1.29. The Bertz CT molecular complexity index is 846. The zero-order valence-corrected chi connectivity index (χ0v) is 22.6. The number of rotatable bonds is 8. The molecule has 0 radical (unpaired) electrons. The van der Waals surface area contributed by atoms with Crippen LogP contribution in [0.2, 0.25) is 0 Å². The van der Waals surface area contributed by atoms with Gasteiger partial charge in [-0.2, -0.15) is 0 Å². The number of fused-ring (bicyclic) bond motifs is 1. The standard InChI is InChI=1S/C24H36BrN3O4S/c1-8-10-26(7)20(30)16-17-21(31)28(14(3)13-29)19(24(17)12-15(25)18(16)33-24)22(32)27(11-9-2)23(4,5)6/h8-9,14-19,29H,1-2,10-13H2,3-7H3/t14-,15?,16-,17+,18-,19?,24?/m1/s1. The molecule has 1 spiro atoms. The molecule has 184 valence electrons. The molecule has 0 aromatic rings. The van der Waals surface area contributed by atoms with Gasteiger partial charge in [0.25, 0.3) is 0 Å². The van der Waals surface area contributed by atoms with Gasteiger partial charge in [-0.3, -0.25) is 14.4 Å². The monoisotopic (exact) mass is 541 g/mol. The number of halogens is 1. The summed E-state index contributed by atoms with van der Waals surface area (Å²) in [5.41, 5.74) is -0.481. The number of likely N-dealkylation sites (tertiary alicyclic amines) is 1. The summed E-state index contributed by atoms with van der Waals surface area (Å²) in [6.45, 7) is 15.7. The number of carbonyl (C=O) groups excluding carboxylic acids is 3. The van der Waals surface area contributed by atoms with Gasteiger partial charge in [0.1, 0.15) is 6.04 Å². The fourth-order valence-corrected chi connectivity index (χ4v) is 9.29. The molecule has 3 rings (SSSR count). The van der Waals surface area contributed by atoms with Gasteiger partial charge < -0.3 is 19.8 Å². The van der Waals surface area contributed by atoms with E-state index in [1.54, 1.807) is 52.6 Å². The molecule has 7 atom stereocenters. The zero-order valence-electron chi connectivity index (χ0n) is 20.2. The van der Waals surface area contributed by atoms with Crippen LogP contribution in [0.3, 0.4) is 0 Å². The average Bonchev–Trinajstić information content (AvgIpc) is 3.33. The van der Waals surface area contributed by atoms with Gasteiger partial charge in [0, 0.05) is 35.8 Å². The summed E-state index contributed by atoms with van der Waals surface area (Å²) in [6.07, 6.45) is 3.97. The van der Waals surface area contributed by atoms with Crippen LogP contribution in [-0.2, 0) is 14.4 Å². The maximum Gasteiger partial charge on any atom is 0.247 e. The van der Waals surface area contributed by atoms with Crippen LogP contribution in [0.1, 0.15) is 34.1 Å². The second-order valence-corrected chi connectivity index (χ2v) is 13.1. The van der Waals surface area contributed by atoms with Crippen LogP contribution in [-0.4, -0.2) is 96.7 Å². The fourth-order valence-electron chi connectivity index (χ4n) is 5.70. The number of nitrogens with zero attached hydrogens (tertiary/aromatic N) is 3. The molecule has 7 nitrogen and oxygen atoms in total. The van der Waals surface area contributed by atoms with E-state index in [4.69, 9.17) is 0 Å². The van der Waals surface area contributed by atoms with E-state index in [1.807, 2.05) is 20.8 Å². The summed E-state index contributed by atoms with van der Waals surface area (Å²) in [7, 11) is 1.72. The predicted octanol–water partition coefficient (Wildman–Crippen LogP) is 2.29. The number of hydrogen-bond acceptors (Lipinski definition) is 5. The van der Waals surface area contributed by atoms with Gasteiger partial charge >= 0.3 is 0 Å². The minimum Gasteiger partial charge on any atom is -0.394 e. The molecule has 3 saturated heterocycles. The van der Waals surface area contributed by atoms with Crippen molar-refractivity contribution in [2.45, 2.75) is 66.6 Å². The molecular weight excluding hydrogens is 506 g/mol. The Morgan fingerprint density at radius 3 is 2.42 bits per heavy atom.